The zero-order valence-electron chi connectivity index (χ0n) is 16.3. The molecule has 0 saturated heterocycles. The van der Waals surface area contributed by atoms with Gasteiger partial charge in [0.15, 0.2) is 16.8 Å². The van der Waals surface area contributed by atoms with E-state index in [1.54, 1.807) is 0 Å². The van der Waals surface area contributed by atoms with Gasteiger partial charge in [-0.05, 0) is 24.6 Å². The average Bonchev–Trinajstić information content (AvgIpc) is 2.69. The normalized spacial score (nSPS) is 11.1. The van der Waals surface area contributed by atoms with E-state index in [2.05, 4.69) is 0 Å². The first-order valence-electron chi connectivity index (χ1n) is 9.03. The van der Waals surface area contributed by atoms with E-state index in [1.807, 2.05) is 0 Å². The summed E-state index contributed by atoms with van der Waals surface area (Å²) in [6.07, 6.45) is 0.508. The number of carbonyl (C=O) groups excluding carboxylic acids is 1. The minimum absolute atomic E-state index is 0.0444. The van der Waals surface area contributed by atoms with Gasteiger partial charge in [0.1, 0.15) is 17.4 Å². The van der Waals surface area contributed by atoms with Crippen molar-refractivity contribution in [1.29, 1.82) is 0 Å². The summed E-state index contributed by atoms with van der Waals surface area (Å²) in [6, 6.07) is 5.35. The van der Waals surface area contributed by atoms with E-state index < -0.39 is 39.5 Å². The fourth-order valence-electron chi connectivity index (χ4n) is 3.13. The molecule has 0 aliphatic rings. The number of ether oxygens (including phenoxy) is 1. The smallest absolute Gasteiger partial charge is 0.223 e. The summed E-state index contributed by atoms with van der Waals surface area (Å²) in [5.41, 5.74) is 3.89. The Hall–Kier alpha value is -3.33. The van der Waals surface area contributed by atoms with Crippen LogP contribution >= 0.6 is 0 Å². The first-order chi connectivity index (χ1) is 14.2. The fourth-order valence-corrected chi connectivity index (χ4v) is 3.13. The van der Waals surface area contributed by atoms with E-state index >= 15 is 0 Å². The number of nitrogen functional groups attached to an aromatic ring is 1. The molecule has 0 aliphatic carbocycles. The summed E-state index contributed by atoms with van der Waals surface area (Å²) in [6.45, 7) is 1.97. The molecule has 1 aromatic heterocycles. The van der Waals surface area contributed by atoms with Crippen molar-refractivity contribution in [2.75, 3.05) is 30.9 Å². The zero-order chi connectivity index (χ0) is 22.0. The number of nitrogens with two attached hydrogens (primary N) is 1. The predicted octanol–water partition coefficient (Wildman–Crippen LogP) is 3.85. The van der Waals surface area contributed by atoms with Crippen LogP contribution in [0.15, 0.2) is 39.5 Å². The molecule has 158 valence electrons. The van der Waals surface area contributed by atoms with Gasteiger partial charge in [-0.15, -0.1) is 0 Å². The molecule has 30 heavy (non-hydrogen) atoms. The van der Waals surface area contributed by atoms with Gasteiger partial charge in [-0.2, -0.15) is 0 Å². The minimum atomic E-state index is -1.10. The summed E-state index contributed by atoms with van der Waals surface area (Å²) in [5, 5.41) is -0.422. The number of anilines is 2. The van der Waals surface area contributed by atoms with E-state index in [9.17, 15) is 22.8 Å². The number of fused-ring (bicyclic) bond motifs is 1. The number of benzene rings is 2. The number of hydrogen-bond donors (Lipinski definition) is 1. The number of nitrogens with zero attached hydrogens (tertiary/aromatic N) is 1. The summed E-state index contributed by atoms with van der Waals surface area (Å²) in [5.74, 6) is -3.39. The SMILES string of the molecule is COCCCN(C(C)=O)c1ccc(-c2cc(=O)c3c(N)c(F)cc(F)c3o2)cc1F. The fraction of sp³-hybridized carbons (Fsp3) is 0.238. The molecule has 0 saturated carbocycles. The summed E-state index contributed by atoms with van der Waals surface area (Å²) in [7, 11) is 1.52. The van der Waals surface area contributed by atoms with E-state index in [0.29, 0.717) is 19.1 Å². The number of methoxy groups -OCH3 is 1. The largest absolute Gasteiger partial charge is 0.453 e. The minimum Gasteiger partial charge on any atom is -0.453 e. The van der Waals surface area contributed by atoms with Crippen LogP contribution in [0, 0.1) is 17.5 Å². The Labute approximate surface area is 169 Å². The highest BCUT2D eigenvalue weighted by atomic mass is 19.1. The van der Waals surface area contributed by atoms with Crippen LogP contribution in [-0.2, 0) is 9.53 Å². The molecule has 0 unspecified atom stereocenters. The van der Waals surface area contributed by atoms with Gasteiger partial charge in [0, 0.05) is 44.9 Å². The predicted molar refractivity (Wildman–Crippen MR) is 107 cm³/mol. The van der Waals surface area contributed by atoms with Crippen LogP contribution in [0.25, 0.3) is 22.3 Å². The van der Waals surface area contributed by atoms with Gasteiger partial charge in [0.05, 0.1) is 16.8 Å². The van der Waals surface area contributed by atoms with Crippen LogP contribution in [0.5, 0.6) is 0 Å². The third-order valence-corrected chi connectivity index (χ3v) is 4.58. The van der Waals surface area contributed by atoms with Gasteiger partial charge in [-0.25, -0.2) is 13.2 Å². The highest BCUT2D eigenvalue weighted by Gasteiger charge is 2.19. The lowest BCUT2D eigenvalue weighted by Gasteiger charge is -2.22. The van der Waals surface area contributed by atoms with Gasteiger partial charge in [0.25, 0.3) is 0 Å². The number of rotatable bonds is 6. The summed E-state index contributed by atoms with van der Waals surface area (Å²) in [4.78, 5) is 25.5. The third kappa shape index (κ3) is 4.02. The second-order valence-corrected chi connectivity index (χ2v) is 6.62. The quantitative estimate of drug-likeness (QED) is 0.484. The van der Waals surface area contributed by atoms with Crippen LogP contribution in [0.1, 0.15) is 13.3 Å². The van der Waals surface area contributed by atoms with E-state index in [-0.39, 0.29) is 29.5 Å². The van der Waals surface area contributed by atoms with Crippen molar-refractivity contribution in [2.24, 2.45) is 0 Å². The van der Waals surface area contributed by atoms with Gasteiger partial charge < -0.3 is 19.8 Å². The van der Waals surface area contributed by atoms with E-state index in [1.165, 1.54) is 31.1 Å². The molecule has 0 spiro atoms. The van der Waals surface area contributed by atoms with Crippen LogP contribution in [0.2, 0.25) is 0 Å². The molecular weight excluding hydrogens is 401 g/mol. The Balaban J connectivity index is 2.05. The third-order valence-electron chi connectivity index (χ3n) is 4.58. The van der Waals surface area contributed by atoms with E-state index in [0.717, 1.165) is 12.1 Å². The van der Waals surface area contributed by atoms with Crippen molar-refractivity contribution in [2.45, 2.75) is 13.3 Å². The lowest BCUT2D eigenvalue weighted by Crippen LogP contribution is -2.31. The highest BCUT2D eigenvalue weighted by Crippen LogP contribution is 2.31. The molecule has 0 aliphatic heterocycles. The molecule has 3 rings (SSSR count). The van der Waals surface area contributed by atoms with Gasteiger partial charge in [0.2, 0.25) is 5.91 Å². The summed E-state index contributed by atoms with van der Waals surface area (Å²) >= 11 is 0. The van der Waals surface area contributed by atoms with E-state index in [4.69, 9.17) is 14.9 Å². The summed E-state index contributed by atoms with van der Waals surface area (Å²) < 4.78 is 52.9. The van der Waals surface area contributed by atoms with Crippen LogP contribution < -0.4 is 16.1 Å². The van der Waals surface area contributed by atoms with Crippen molar-refractivity contribution in [3.63, 3.8) is 0 Å². The van der Waals surface area contributed by atoms with Crippen molar-refractivity contribution in [3.8, 4) is 11.3 Å². The molecule has 1 heterocycles. The van der Waals surface area contributed by atoms with Crippen molar-refractivity contribution < 1.29 is 27.1 Å². The Morgan fingerprint density at radius 1 is 1.13 bits per heavy atom. The van der Waals surface area contributed by atoms with Crippen LogP contribution in [0.4, 0.5) is 24.5 Å². The standard InChI is InChI=1S/C21H19F3N2O4/c1-11(27)26(6-3-7-29-2)16-5-4-12(8-13(16)22)18-10-17(28)19-20(25)14(23)9-15(24)21(19)30-18/h4-5,8-10H,3,6-7,25H2,1-2H3. The molecule has 3 aromatic rings. The van der Waals surface area contributed by atoms with Gasteiger partial charge in [-0.1, -0.05) is 0 Å². The van der Waals surface area contributed by atoms with Crippen molar-refractivity contribution >= 4 is 28.3 Å². The molecular formula is C21H19F3N2O4. The van der Waals surface area contributed by atoms with Gasteiger partial charge >= 0.3 is 0 Å². The molecule has 0 radical (unpaired) electrons. The Bertz CT molecular complexity index is 1180. The second kappa shape index (κ2) is 8.58. The number of amides is 1. The molecule has 2 aromatic carbocycles. The number of hydrogen-bond acceptors (Lipinski definition) is 5. The van der Waals surface area contributed by atoms with Gasteiger partial charge in [-0.3, -0.25) is 9.59 Å². The lowest BCUT2D eigenvalue weighted by molar-refractivity contribution is -0.116. The average molecular weight is 420 g/mol. The maximum absolute atomic E-state index is 14.8. The first kappa shape index (κ1) is 21.4. The molecule has 9 heteroatoms. The molecule has 0 bridgehead atoms. The maximum Gasteiger partial charge on any atom is 0.223 e. The van der Waals surface area contributed by atoms with Crippen molar-refractivity contribution in [1.82, 2.24) is 0 Å². The molecule has 2 N–H and O–H groups in total. The topological polar surface area (TPSA) is 85.8 Å². The van der Waals surface area contributed by atoms with Crippen LogP contribution in [-0.4, -0.2) is 26.2 Å². The second-order valence-electron chi connectivity index (χ2n) is 6.62. The molecule has 6 nitrogen and oxygen atoms in total. The molecule has 0 fully saturated rings. The highest BCUT2D eigenvalue weighted by molar-refractivity contribution is 5.92. The number of halogens is 3. The van der Waals surface area contributed by atoms with Crippen LogP contribution in [0.3, 0.4) is 0 Å². The maximum atomic E-state index is 14.8. The number of carbonyl (C=O) groups is 1. The first-order valence-corrected chi connectivity index (χ1v) is 9.03. The van der Waals surface area contributed by atoms with Crippen molar-refractivity contribution in [3.05, 3.63) is 58.0 Å². The molecule has 1 amide bonds. The Morgan fingerprint density at radius 3 is 2.50 bits per heavy atom. The lowest BCUT2D eigenvalue weighted by atomic mass is 10.1. The Kier molecular flexibility index (Phi) is 6.12. The monoisotopic (exact) mass is 420 g/mol. The Morgan fingerprint density at radius 2 is 1.87 bits per heavy atom. The zero-order valence-corrected chi connectivity index (χ0v) is 16.3. The molecule has 0 atom stereocenters.